The molecule has 1 fully saturated rings. The summed E-state index contributed by atoms with van der Waals surface area (Å²) in [7, 11) is 0. The third kappa shape index (κ3) is 2.90. The van der Waals surface area contributed by atoms with Gasteiger partial charge < -0.3 is 5.32 Å². The first-order chi connectivity index (χ1) is 11.2. The molecule has 1 N–H and O–H groups in total. The van der Waals surface area contributed by atoms with Crippen LogP contribution in [0.5, 0.6) is 0 Å². The molecule has 1 aliphatic carbocycles. The summed E-state index contributed by atoms with van der Waals surface area (Å²) in [6.45, 7) is 2.10. The summed E-state index contributed by atoms with van der Waals surface area (Å²) < 4.78 is 1.81. The molecule has 116 valence electrons. The highest BCUT2D eigenvalue weighted by Gasteiger charge is 2.44. The molecule has 5 nitrogen and oxygen atoms in total. The van der Waals surface area contributed by atoms with Crippen LogP contribution >= 0.6 is 11.3 Å². The van der Waals surface area contributed by atoms with Crippen molar-refractivity contribution in [2.24, 2.45) is 5.92 Å². The summed E-state index contributed by atoms with van der Waals surface area (Å²) in [6.07, 6.45) is 4.21. The standard InChI is InChI=1S/C17H16N4OS/c1-11-5-6-16(23-11)14-8-15(14)17(22)20-12-3-2-4-13(7-12)21-9-18-19-10-21/h2-7,9-10,14-15H,8H2,1H3,(H,20,22). The minimum Gasteiger partial charge on any atom is -0.326 e. The predicted octanol–water partition coefficient (Wildman–Crippen LogP) is 3.38. The van der Waals surface area contributed by atoms with Crippen molar-refractivity contribution in [1.29, 1.82) is 0 Å². The lowest BCUT2D eigenvalue weighted by Crippen LogP contribution is -2.14. The molecule has 2 aromatic heterocycles. The zero-order chi connectivity index (χ0) is 15.8. The van der Waals surface area contributed by atoms with Gasteiger partial charge in [0.15, 0.2) is 0 Å². The van der Waals surface area contributed by atoms with E-state index in [1.807, 2.05) is 28.8 Å². The first kappa shape index (κ1) is 14.1. The van der Waals surface area contributed by atoms with Gasteiger partial charge in [0.05, 0.1) is 5.69 Å². The highest BCUT2D eigenvalue weighted by atomic mass is 32.1. The molecule has 1 aliphatic rings. The van der Waals surface area contributed by atoms with Gasteiger partial charge in [-0.1, -0.05) is 6.07 Å². The maximum absolute atomic E-state index is 12.4. The molecular formula is C17H16N4OS. The van der Waals surface area contributed by atoms with E-state index in [2.05, 4.69) is 34.6 Å². The van der Waals surface area contributed by atoms with Crippen molar-refractivity contribution >= 4 is 22.9 Å². The first-order valence-corrected chi connectivity index (χ1v) is 8.34. The Bertz CT molecular complexity index is 840. The Morgan fingerprint density at radius 1 is 1.26 bits per heavy atom. The zero-order valence-corrected chi connectivity index (χ0v) is 13.5. The summed E-state index contributed by atoms with van der Waals surface area (Å²) in [5, 5.41) is 10.6. The average molecular weight is 324 g/mol. The molecule has 3 aromatic rings. The molecule has 0 saturated heterocycles. The van der Waals surface area contributed by atoms with Crippen LogP contribution in [0, 0.1) is 12.8 Å². The van der Waals surface area contributed by atoms with Gasteiger partial charge in [0.2, 0.25) is 5.91 Å². The van der Waals surface area contributed by atoms with Crippen LogP contribution in [0.2, 0.25) is 0 Å². The summed E-state index contributed by atoms with van der Waals surface area (Å²) >= 11 is 1.79. The molecule has 2 heterocycles. The van der Waals surface area contributed by atoms with Crippen molar-refractivity contribution in [2.75, 3.05) is 5.32 Å². The van der Waals surface area contributed by atoms with Crippen LogP contribution in [0.25, 0.3) is 5.69 Å². The number of amides is 1. The molecule has 1 saturated carbocycles. The second-order valence-corrected chi connectivity index (χ2v) is 7.13. The molecule has 1 aromatic carbocycles. The number of hydrogen-bond donors (Lipinski definition) is 1. The van der Waals surface area contributed by atoms with Crippen molar-refractivity contribution in [3.8, 4) is 5.69 Å². The van der Waals surface area contributed by atoms with E-state index in [9.17, 15) is 4.79 Å². The normalized spacial score (nSPS) is 19.5. The van der Waals surface area contributed by atoms with E-state index in [1.165, 1.54) is 9.75 Å². The summed E-state index contributed by atoms with van der Waals surface area (Å²) in [5.74, 6) is 0.573. The summed E-state index contributed by atoms with van der Waals surface area (Å²) in [4.78, 5) is 15.0. The number of aromatic nitrogens is 3. The molecule has 2 unspecified atom stereocenters. The summed E-state index contributed by atoms with van der Waals surface area (Å²) in [5.41, 5.74) is 1.73. The number of hydrogen-bond acceptors (Lipinski definition) is 4. The Morgan fingerprint density at radius 2 is 2.09 bits per heavy atom. The van der Waals surface area contributed by atoms with E-state index in [0.717, 1.165) is 17.8 Å². The lowest BCUT2D eigenvalue weighted by atomic mass is 10.2. The van der Waals surface area contributed by atoms with Gasteiger partial charge in [0.25, 0.3) is 0 Å². The molecular weight excluding hydrogens is 308 g/mol. The number of benzene rings is 1. The number of thiophene rings is 1. The van der Waals surface area contributed by atoms with E-state index in [0.29, 0.717) is 5.92 Å². The molecule has 2 atom stereocenters. The van der Waals surface area contributed by atoms with Crippen molar-refractivity contribution < 1.29 is 4.79 Å². The van der Waals surface area contributed by atoms with Crippen LogP contribution in [0.1, 0.15) is 22.1 Å². The molecule has 0 aliphatic heterocycles. The van der Waals surface area contributed by atoms with E-state index in [4.69, 9.17) is 0 Å². The number of aryl methyl sites for hydroxylation is 1. The molecule has 23 heavy (non-hydrogen) atoms. The average Bonchev–Trinajstić information content (AvgIpc) is 2.95. The van der Waals surface area contributed by atoms with Crippen LogP contribution in [0.15, 0.2) is 49.1 Å². The molecule has 4 rings (SSSR count). The van der Waals surface area contributed by atoms with Gasteiger partial charge in [-0.25, -0.2) is 0 Å². The third-order valence-corrected chi connectivity index (χ3v) is 5.22. The third-order valence-electron chi connectivity index (χ3n) is 4.08. The SMILES string of the molecule is Cc1ccc(C2CC2C(=O)Nc2cccc(-n3cnnc3)c2)s1. The number of rotatable bonds is 4. The minimum absolute atomic E-state index is 0.0895. The lowest BCUT2D eigenvalue weighted by molar-refractivity contribution is -0.117. The van der Waals surface area contributed by atoms with Crippen molar-refractivity contribution in [1.82, 2.24) is 14.8 Å². The molecule has 1 amide bonds. The van der Waals surface area contributed by atoms with E-state index in [1.54, 1.807) is 24.0 Å². The smallest absolute Gasteiger partial charge is 0.228 e. The number of nitrogens with one attached hydrogen (secondary N) is 1. The number of carbonyl (C=O) groups excluding carboxylic acids is 1. The number of carbonyl (C=O) groups is 1. The molecule has 6 heteroatoms. The number of nitrogens with zero attached hydrogens (tertiary/aromatic N) is 3. The van der Waals surface area contributed by atoms with Crippen molar-refractivity contribution in [2.45, 2.75) is 19.3 Å². The Kier molecular flexibility index (Phi) is 3.46. The second kappa shape index (κ2) is 5.62. The lowest BCUT2D eigenvalue weighted by Gasteiger charge is -2.07. The van der Waals surface area contributed by atoms with Crippen molar-refractivity contribution in [3.05, 3.63) is 58.8 Å². The van der Waals surface area contributed by atoms with Gasteiger partial charge in [-0.15, -0.1) is 21.5 Å². The van der Waals surface area contributed by atoms with Gasteiger partial charge in [-0.2, -0.15) is 0 Å². The predicted molar refractivity (Wildman–Crippen MR) is 89.9 cm³/mol. The van der Waals surface area contributed by atoms with Crippen molar-refractivity contribution in [3.63, 3.8) is 0 Å². The van der Waals surface area contributed by atoms with Gasteiger partial charge in [0, 0.05) is 27.3 Å². The van der Waals surface area contributed by atoms with Crippen LogP contribution < -0.4 is 5.32 Å². The second-order valence-electron chi connectivity index (χ2n) is 5.81. The van der Waals surface area contributed by atoms with Gasteiger partial charge in [-0.05, 0) is 43.7 Å². The summed E-state index contributed by atoms with van der Waals surface area (Å²) in [6, 6.07) is 12.0. The Balaban J connectivity index is 1.45. The quantitative estimate of drug-likeness (QED) is 0.800. The molecule has 0 radical (unpaired) electrons. The van der Waals surface area contributed by atoms with Crippen LogP contribution in [-0.2, 0) is 4.79 Å². The fourth-order valence-corrected chi connectivity index (χ4v) is 3.82. The Hall–Kier alpha value is -2.47. The fourth-order valence-electron chi connectivity index (χ4n) is 2.77. The van der Waals surface area contributed by atoms with E-state index >= 15 is 0 Å². The topological polar surface area (TPSA) is 59.8 Å². The minimum atomic E-state index is 0.0895. The number of anilines is 1. The maximum atomic E-state index is 12.4. The molecule has 0 bridgehead atoms. The monoisotopic (exact) mass is 324 g/mol. The van der Waals surface area contributed by atoms with Crippen LogP contribution in [0.3, 0.4) is 0 Å². The first-order valence-electron chi connectivity index (χ1n) is 7.53. The maximum Gasteiger partial charge on any atom is 0.228 e. The van der Waals surface area contributed by atoms with Gasteiger partial charge in [0.1, 0.15) is 12.7 Å². The largest absolute Gasteiger partial charge is 0.326 e. The van der Waals surface area contributed by atoms with Crippen LogP contribution in [-0.4, -0.2) is 20.7 Å². The Labute approximate surface area is 138 Å². The zero-order valence-electron chi connectivity index (χ0n) is 12.6. The van der Waals surface area contributed by atoms with E-state index in [-0.39, 0.29) is 11.8 Å². The van der Waals surface area contributed by atoms with Crippen LogP contribution in [0.4, 0.5) is 5.69 Å². The Morgan fingerprint density at radius 3 is 2.83 bits per heavy atom. The highest BCUT2D eigenvalue weighted by molar-refractivity contribution is 7.12. The highest BCUT2D eigenvalue weighted by Crippen LogP contribution is 2.50. The molecule has 0 spiro atoms. The van der Waals surface area contributed by atoms with E-state index < -0.39 is 0 Å². The fraction of sp³-hybridized carbons (Fsp3) is 0.235. The van der Waals surface area contributed by atoms with Gasteiger partial charge in [-0.3, -0.25) is 9.36 Å². The van der Waals surface area contributed by atoms with Gasteiger partial charge >= 0.3 is 0 Å².